The molecule has 5 heterocycles. The van der Waals surface area contributed by atoms with Crippen molar-refractivity contribution in [3.63, 3.8) is 0 Å². The molecule has 2 aliphatic rings. The van der Waals surface area contributed by atoms with E-state index in [1.165, 1.54) is 18.9 Å². The SMILES string of the molecule is CC1CCN(c2cccc(-c3cnc4ccc(N5CCCC5c5cccc(F)c5)nn34)n2)CC1. The van der Waals surface area contributed by atoms with Gasteiger partial charge in [0, 0.05) is 19.6 Å². The molecule has 2 aliphatic heterocycles. The second-order valence-electron chi connectivity index (χ2n) is 9.56. The van der Waals surface area contributed by atoms with Crippen LogP contribution in [0, 0.1) is 11.7 Å². The molecule has 1 aromatic carbocycles. The molecule has 6 nitrogen and oxygen atoms in total. The monoisotopic (exact) mass is 456 g/mol. The van der Waals surface area contributed by atoms with Crippen LogP contribution in [0.5, 0.6) is 0 Å². The summed E-state index contributed by atoms with van der Waals surface area (Å²) in [4.78, 5) is 14.2. The van der Waals surface area contributed by atoms with Crippen LogP contribution in [-0.2, 0) is 0 Å². The van der Waals surface area contributed by atoms with Gasteiger partial charge in [-0.25, -0.2) is 18.9 Å². The van der Waals surface area contributed by atoms with Crippen LogP contribution in [0.4, 0.5) is 16.0 Å². The first-order valence-corrected chi connectivity index (χ1v) is 12.2. The van der Waals surface area contributed by atoms with Crippen molar-refractivity contribution in [3.05, 3.63) is 72.2 Å². The largest absolute Gasteiger partial charge is 0.357 e. The Labute approximate surface area is 199 Å². The summed E-state index contributed by atoms with van der Waals surface area (Å²) in [6.45, 7) is 5.31. The normalized spacial score (nSPS) is 19.3. The minimum absolute atomic E-state index is 0.121. The Morgan fingerprint density at radius 1 is 0.912 bits per heavy atom. The molecule has 2 saturated heterocycles. The lowest BCUT2D eigenvalue weighted by atomic mass is 9.99. The predicted octanol–water partition coefficient (Wildman–Crippen LogP) is 5.51. The van der Waals surface area contributed by atoms with Gasteiger partial charge in [-0.3, -0.25) is 0 Å². The maximum absolute atomic E-state index is 13.9. The lowest BCUT2D eigenvalue weighted by Gasteiger charge is -2.31. The first kappa shape index (κ1) is 21.1. The molecule has 0 saturated carbocycles. The smallest absolute Gasteiger partial charge is 0.154 e. The third-order valence-electron chi connectivity index (χ3n) is 7.23. The molecule has 0 aliphatic carbocycles. The molecule has 6 rings (SSSR count). The van der Waals surface area contributed by atoms with Crippen LogP contribution in [0.1, 0.15) is 44.2 Å². The standard InChI is InChI=1S/C27H29FN6/c1-19-12-15-32(16-13-19)26-9-3-7-22(30-26)24-18-29-25-10-11-27(31-34(24)25)33-14-4-8-23(33)20-5-2-6-21(28)17-20/h2-3,5-7,9-11,17-19,23H,4,8,12-16H2,1H3. The number of nitrogens with zero attached hydrogens (tertiary/aromatic N) is 6. The van der Waals surface area contributed by atoms with E-state index in [1.807, 2.05) is 35.0 Å². The Kier molecular flexibility index (Phi) is 5.40. The summed E-state index contributed by atoms with van der Waals surface area (Å²) in [5.41, 5.74) is 3.54. The minimum Gasteiger partial charge on any atom is -0.357 e. The van der Waals surface area contributed by atoms with Gasteiger partial charge in [0.15, 0.2) is 5.65 Å². The van der Waals surface area contributed by atoms with Gasteiger partial charge in [-0.15, -0.1) is 5.10 Å². The number of fused-ring (bicyclic) bond motifs is 1. The van der Waals surface area contributed by atoms with Gasteiger partial charge < -0.3 is 9.80 Å². The molecular weight excluding hydrogens is 427 g/mol. The average molecular weight is 457 g/mol. The van der Waals surface area contributed by atoms with Crippen molar-refractivity contribution in [2.24, 2.45) is 5.92 Å². The first-order valence-electron chi connectivity index (χ1n) is 12.2. The Morgan fingerprint density at radius 3 is 2.62 bits per heavy atom. The van der Waals surface area contributed by atoms with E-state index in [0.29, 0.717) is 0 Å². The van der Waals surface area contributed by atoms with Gasteiger partial charge in [0.2, 0.25) is 0 Å². The molecule has 0 N–H and O–H groups in total. The highest BCUT2D eigenvalue weighted by Gasteiger charge is 2.28. The van der Waals surface area contributed by atoms with Gasteiger partial charge >= 0.3 is 0 Å². The highest BCUT2D eigenvalue weighted by atomic mass is 19.1. The van der Waals surface area contributed by atoms with Crippen LogP contribution in [0.2, 0.25) is 0 Å². The molecule has 0 amide bonds. The summed E-state index contributed by atoms with van der Waals surface area (Å²) in [7, 11) is 0. The van der Waals surface area contributed by atoms with Gasteiger partial charge in [-0.05, 0) is 73.6 Å². The number of aromatic nitrogens is 4. The molecule has 0 bridgehead atoms. The van der Waals surface area contributed by atoms with Crippen LogP contribution in [-0.4, -0.2) is 39.2 Å². The summed E-state index contributed by atoms with van der Waals surface area (Å²) in [5.74, 6) is 2.47. The molecule has 4 aromatic rings. The molecule has 0 radical (unpaired) electrons. The highest BCUT2D eigenvalue weighted by Crippen LogP contribution is 2.36. The first-order chi connectivity index (χ1) is 16.7. The van der Waals surface area contributed by atoms with Crippen molar-refractivity contribution in [3.8, 4) is 11.4 Å². The zero-order valence-electron chi connectivity index (χ0n) is 19.4. The summed E-state index contributed by atoms with van der Waals surface area (Å²) in [5, 5.41) is 4.98. The number of pyridine rings is 1. The van der Waals surface area contributed by atoms with E-state index in [1.54, 1.807) is 12.1 Å². The van der Waals surface area contributed by atoms with Gasteiger partial charge in [0.1, 0.15) is 23.1 Å². The molecule has 0 spiro atoms. The van der Waals surface area contributed by atoms with Crippen LogP contribution < -0.4 is 9.80 Å². The van der Waals surface area contributed by atoms with Crippen molar-refractivity contribution in [2.45, 2.75) is 38.6 Å². The van der Waals surface area contributed by atoms with Crippen LogP contribution >= 0.6 is 0 Å². The molecule has 34 heavy (non-hydrogen) atoms. The number of benzene rings is 1. The lowest BCUT2D eigenvalue weighted by Crippen LogP contribution is -2.33. The second kappa shape index (κ2) is 8.70. The van der Waals surface area contributed by atoms with E-state index >= 15 is 0 Å². The van der Waals surface area contributed by atoms with Gasteiger partial charge in [-0.1, -0.05) is 25.1 Å². The van der Waals surface area contributed by atoms with Crippen LogP contribution in [0.15, 0.2) is 60.8 Å². The van der Waals surface area contributed by atoms with Crippen molar-refractivity contribution < 1.29 is 4.39 Å². The fourth-order valence-corrected chi connectivity index (χ4v) is 5.27. The average Bonchev–Trinajstić information content (AvgIpc) is 3.52. The number of rotatable bonds is 4. The summed E-state index contributed by atoms with van der Waals surface area (Å²) in [6, 6.07) is 17.3. The highest BCUT2D eigenvalue weighted by molar-refractivity contribution is 5.62. The van der Waals surface area contributed by atoms with Crippen molar-refractivity contribution in [1.29, 1.82) is 0 Å². The molecule has 2 fully saturated rings. The number of hydrogen-bond donors (Lipinski definition) is 0. The van der Waals surface area contributed by atoms with E-state index in [2.05, 4.69) is 33.8 Å². The zero-order chi connectivity index (χ0) is 23.1. The van der Waals surface area contributed by atoms with Gasteiger partial charge in [0.25, 0.3) is 0 Å². The number of imidazole rings is 1. The fourth-order valence-electron chi connectivity index (χ4n) is 5.27. The van der Waals surface area contributed by atoms with E-state index in [-0.39, 0.29) is 11.9 Å². The number of anilines is 2. The molecule has 1 atom stereocenters. The van der Waals surface area contributed by atoms with E-state index in [9.17, 15) is 4.39 Å². The maximum Gasteiger partial charge on any atom is 0.154 e. The maximum atomic E-state index is 13.9. The minimum atomic E-state index is -0.196. The topological polar surface area (TPSA) is 49.6 Å². The Balaban J connectivity index is 1.34. The Bertz CT molecular complexity index is 1310. The molecule has 174 valence electrons. The van der Waals surface area contributed by atoms with Gasteiger partial charge in [0.05, 0.1) is 17.9 Å². The Hall–Kier alpha value is -3.48. The molecule has 7 heteroatoms. The molecule has 1 unspecified atom stereocenters. The van der Waals surface area contributed by atoms with E-state index < -0.39 is 0 Å². The Morgan fingerprint density at radius 2 is 1.76 bits per heavy atom. The van der Waals surface area contributed by atoms with Crippen molar-refractivity contribution >= 4 is 17.3 Å². The third-order valence-corrected chi connectivity index (χ3v) is 7.23. The summed E-state index contributed by atoms with van der Waals surface area (Å²) in [6.07, 6.45) is 6.29. The van der Waals surface area contributed by atoms with Crippen LogP contribution in [0.25, 0.3) is 17.0 Å². The fraction of sp³-hybridized carbons (Fsp3) is 0.370. The predicted molar refractivity (Wildman–Crippen MR) is 133 cm³/mol. The van der Waals surface area contributed by atoms with Crippen LogP contribution in [0.3, 0.4) is 0 Å². The molecular formula is C27H29FN6. The number of hydrogen-bond acceptors (Lipinski definition) is 5. The number of piperidine rings is 1. The van der Waals surface area contributed by atoms with Crippen molar-refractivity contribution in [1.82, 2.24) is 19.6 Å². The molecule has 3 aromatic heterocycles. The van der Waals surface area contributed by atoms with Crippen molar-refractivity contribution in [2.75, 3.05) is 29.4 Å². The number of halogens is 1. The van der Waals surface area contributed by atoms with E-state index in [0.717, 1.165) is 72.6 Å². The summed E-state index contributed by atoms with van der Waals surface area (Å²) >= 11 is 0. The van der Waals surface area contributed by atoms with Gasteiger partial charge in [-0.2, -0.15) is 0 Å². The third kappa shape index (κ3) is 3.89. The lowest BCUT2D eigenvalue weighted by molar-refractivity contribution is 0.436. The quantitative estimate of drug-likeness (QED) is 0.405. The zero-order valence-corrected chi connectivity index (χ0v) is 19.4. The second-order valence-corrected chi connectivity index (χ2v) is 9.56. The summed E-state index contributed by atoms with van der Waals surface area (Å²) < 4.78 is 15.8. The van der Waals surface area contributed by atoms with E-state index in [4.69, 9.17) is 10.1 Å².